The fraction of sp³-hybridized carbons (Fsp3) is 0.250. The molecule has 0 unspecified atom stereocenters. The Bertz CT molecular complexity index is 618. The Labute approximate surface area is 119 Å². The Morgan fingerprint density at radius 1 is 1.25 bits per heavy atom. The van der Waals surface area contributed by atoms with Gasteiger partial charge in [-0.25, -0.2) is 4.98 Å². The quantitative estimate of drug-likeness (QED) is 0.892. The molecule has 0 bridgehead atoms. The molecule has 4 nitrogen and oxygen atoms in total. The van der Waals surface area contributed by atoms with Crippen molar-refractivity contribution >= 4 is 5.82 Å². The van der Waals surface area contributed by atoms with E-state index in [-0.39, 0.29) is 5.54 Å². The van der Waals surface area contributed by atoms with Crippen molar-refractivity contribution in [3.8, 4) is 17.2 Å². The van der Waals surface area contributed by atoms with Gasteiger partial charge in [0.25, 0.3) is 0 Å². The summed E-state index contributed by atoms with van der Waals surface area (Å²) in [5, 5.41) is 12.1. The highest BCUT2D eigenvalue weighted by atomic mass is 15.0. The number of nitrogens with zero attached hydrogens (tertiary/aromatic N) is 2. The number of benzene rings is 1. The maximum absolute atomic E-state index is 8.91. The molecule has 102 valence electrons. The van der Waals surface area contributed by atoms with E-state index in [1.807, 2.05) is 44.2 Å². The summed E-state index contributed by atoms with van der Waals surface area (Å²) in [4.78, 5) is 4.36. The van der Waals surface area contributed by atoms with Crippen LogP contribution in [0.2, 0.25) is 0 Å². The first-order valence-electron chi connectivity index (χ1n) is 6.47. The zero-order valence-electron chi connectivity index (χ0n) is 11.7. The Kier molecular flexibility index (Phi) is 4.02. The normalized spacial score (nSPS) is 10.9. The molecule has 3 N–H and O–H groups in total. The number of hydrogen-bond acceptors (Lipinski definition) is 4. The molecule has 0 radical (unpaired) electrons. The number of hydrogen-bond donors (Lipinski definition) is 2. The first kappa shape index (κ1) is 14.0. The highest BCUT2D eigenvalue weighted by molar-refractivity contribution is 5.65. The van der Waals surface area contributed by atoms with E-state index >= 15 is 0 Å². The van der Waals surface area contributed by atoms with Gasteiger partial charge in [0.15, 0.2) is 0 Å². The molecule has 1 heterocycles. The van der Waals surface area contributed by atoms with E-state index in [0.717, 1.165) is 16.9 Å². The zero-order valence-corrected chi connectivity index (χ0v) is 11.7. The molecule has 1 aromatic heterocycles. The molecular weight excluding hydrogens is 248 g/mol. The van der Waals surface area contributed by atoms with Crippen molar-refractivity contribution < 1.29 is 0 Å². The molecule has 4 heteroatoms. The molecule has 0 amide bonds. The third-order valence-corrected chi connectivity index (χ3v) is 2.81. The summed E-state index contributed by atoms with van der Waals surface area (Å²) in [6.07, 6.45) is 1.79. The monoisotopic (exact) mass is 266 g/mol. The van der Waals surface area contributed by atoms with Gasteiger partial charge in [-0.1, -0.05) is 12.1 Å². The van der Waals surface area contributed by atoms with Crippen molar-refractivity contribution in [3.63, 3.8) is 0 Å². The molecule has 1 aromatic carbocycles. The van der Waals surface area contributed by atoms with Gasteiger partial charge >= 0.3 is 0 Å². The lowest BCUT2D eigenvalue weighted by Crippen LogP contribution is -2.39. The Morgan fingerprint density at radius 3 is 2.65 bits per heavy atom. The predicted molar refractivity (Wildman–Crippen MR) is 81.1 cm³/mol. The summed E-state index contributed by atoms with van der Waals surface area (Å²) < 4.78 is 0. The van der Waals surface area contributed by atoms with E-state index in [0.29, 0.717) is 12.1 Å². The first-order chi connectivity index (χ1) is 9.48. The number of nitriles is 1. The number of nitrogens with two attached hydrogens (primary N) is 1. The summed E-state index contributed by atoms with van der Waals surface area (Å²) >= 11 is 0. The van der Waals surface area contributed by atoms with E-state index in [2.05, 4.69) is 16.4 Å². The van der Waals surface area contributed by atoms with Crippen LogP contribution in [0.4, 0.5) is 5.82 Å². The Balaban J connectivity index is 2.14. The first-order valence-corrected chi connectivity index (χ1v) is 6.47. The van der Waals surface area contributed by atoms with Crippen LogP contribution in [0.15, 0.2) is 42.6 Å². The molecule has 0 saturated heterocycles. The number of pyridine rings is 1. The van der Waals surface area contributed by atoms with Gasteiger partial charge in [0, 0.05) is 23.8 Å². The van der Waals surface area contributed by atoms with E-state index in [1.54, 1.807) is 12.3 Å². The van der Waals surface area contributed by atoms with Crippen molar-refractivity contribution in [1.82, 2.24) is 4.98 Å². The van der Waals surface area contributed by atoms with Crippen molar-refractivity contribution in [3.05, 3.63) is 48.2 Å². The topological polar surface area (TPSA) is 74.7 Å². The maximum Gasteiger partial charge on any atom is 0.125 e. The van der Waals surface area contributed by atoms with Gasteiger partial charge in [-0.2, -0.15) is 5.26 Å². The van der Waals surface area contributed by atoms with E-state index in [4.69, 9.17) is 11.0 Å². The molecule has 0 saturated carbocycles. The molecule has 2 rings (SSSR count). The largest absolute Gasteiger partial charge is 0.368 e. The van der Waals surface area contributed by atoms with Crippen LogP contribution in [0.5, 0.6) is 0 Å². The lowest BCUT2D eigenvalue weighted by atomic mass is 10.1. The summed E-state index contributed by atoms with van der Waals surface area (Å²) in [5.74, 6) is 0.795. The fourth-order valence-corrected chi connectivity index (χ4v) is 1.76. The number of rotatable bonds is 4. The second kappa shape index (κ2) is 5.72. The molecule has 20 heavy (non-hydrogen) atoms. The Morgan fingerprint density at radius 2 is 2.05 bits per heavy atom. The second-order valence-corrected chi connectivity index (χ2v) is 5.47. The fourth-order valence-electron chi connectivity index (χ4n) is 1.76. The number of nitrogens with one attached hydrogen (secondary N) is 1. The predicted octanol–water partition coefficient (Wildman–Crippen LogP) is 2.77. The lowest BCUT2D eigenvalue weighted by Gasteiger charge is -2.19. The van der Waals surface area contributed by atoms with Crippen molar-refractivity contribution in [2.75, 3.05) is 11.9 Å². The average Bonchev–Trinajstić information content (AvgIpc) is 2.45. The van der Waals surface area contributed by atoms with E-state index in [1.165, 1.54) is 0 Å². The van der Waals surface area contributed by atoms with Crippen molar-refractivity contribution in [2.24, 2.45) is 5.73 Å². The molecule has 0 aliphatic heterocycles. The lowest BCUT2D eigenvalue weighted by molar-refractivity contribution is 0.548. The standard InChI is InChI=1S/C16H18N4/c1-16(2,18)11-20-15-7-6-14(10-19-15)13-5-3-4-12(8-13)9-17/h3-8,10H,11,18H2,1-2H3,(H,19,20). The number of aromatic nitrogens is 1. The molecule has 0 spiro atoms. The van der Waals surface area contributed by atoms with Crippen LogP contribution < -0.4 is 11.1 Å². The van der Waals surface area contributed by atoms with Crippen LogP contribution in [0.3, 0.4) is 0 Å². The third kappa shape index (κ3) is 3.81. The SMILES string of the molecule is CC(C)(N)CNc1ccc(-c2cccc(C#N)c2)cn1. The van der Waals surface area contributed by atoms with Crippen LogP contribution in [-0.2, 0) is 0 Å². The van der Waals surface area contributed by atoms with Gasteiger partial charge in [-0.05, 0) is 43.7 Å². The maximum atomic E-state index is 8.91. The van der Waals surface area contributed by atoms with Gasteiger partial charge in [0.1, 0.15) is 5.82 Å². The van der Waals surface area contributed by atoms with Crippen LogP contribution in [0, 0.1) is 11.3 Å². The zero-order chi connectivity index (χ0) is 14.6. The van der Waals surface area contributed by atoms with Gasteiger partial charge in [-0.3, -0.25) is 0 Å². The molecule has 2 aromatic rings. The average molecular weight is 266 g/mol. The van der Waals surface area contributed by atoms with Crippen LogP contribution >= 0.6 is 0 Å². The summed E-state index contributed by atoms with van der Waals surface area (Å²) in [6.45, 7) is 4.58. The van der Waals surface area contributed by atoms with Crippen LogP contribution in [0.25, 0.3) is 11.1 Å². The molecule has 0 atom stereocenters. The molecule has 0 fully saturated rings. The highest BCUT2D eigenvalue weighted by Gasteiger charge is 2.10. The van der Waals surface area contributed by atoms with Crippen molar-refractivity contribution in [2.45, 2.75) is 19.4 Å². The molecule has 0 aliphatic carbocycles. The smallest absolute Gasteiger partial charge is 0.125 e. The summed E-state index contributed by atoms with van der Waals surface area (Å²) in [5.41, 5.74) is 8.26. The van der Waals surface area contributed by atoms with Gasteiger partial charge < -0.3 is 11.1 Å². The van der Waals surface area contributed by atoms with E-state index < -0.39 is 0 Å². The number of anilines is 1. The van der Waals surface area contributed by atoms with Crippen LogP contribution in [-0.4, -0.2) is 17.1 Å². The highest BCUT2D eigenvalue weighted by Crippen LogP contribution is 2.20. The second-order valence-electron chi connectivity index (χ2n) is 5.47. The molecular formula is C16H18N4. The van der Waals surface area contributed by atoms with Gasteiger partial charge in [-0.15, -0.1) is 0 Å². The van der Waals surface area contributed by atoms with Crippen molar-refractivity contribution in [1.29, 1.82) is 5.26 Å². The van der Waals surface area contributed by atoms with Crippen LogP contribution in [0.1, 0.15) is 19.4 Å². The molecule has 0 aliphatic rings. The summed E-state index contributed by atoms with van der Waals surface area (Å²) in [7, 11) is 0. The summed E-state index contributed by atoms with van der Waals surface area (Å²) in [6, 6.07) is 13.5. The minimum Gasteiger partial charge on any atom is -0.368 e. The minimum absolute atomic E-state index is 0.276. The van der Waals surface area contributed by atoms with Gasteiger partial charge in [0.2, 0.25) is 0 Å². The van der Waals surface area contributed by atoms with E-state index in [9.17, 15) is 0 Å². The van der Waals surface area contributed by atoms with Gasteiger partial charge in [0.05, 0.1) is 11.6 Å². The minimum atomic E-state index is -0.276. The Hall–Kier alpha value is -2.38. The third-order valence-electron chi connectivity index (χ3n) is 2.81.